The number of hydrogen-bond acceptors (Lipinski definition) is 3. The van der Waals surface area contributed by atoms with Gasteiger partial charge in [-0.3, -0.25) is 0 Å². The zero-order valence-corrected chi connectivity index (χ0v) is 14.7. The summed E-state index contributed by atoms with van der Waals surface area (Å²) in [6.07, 6.45) is 6.29. The molecule has 0 unspecified atom stereocenters. The summed E-state index contributed by atoms with van der Waals surface area (Å²) in [6.45, 7) is 0.804. The highest BCUT2D eigenvalue weighted by atomic mass is 16.5. The number of amides is 1. The summed E-state index contributed by atoms with van der Waals surface area (Å²) in [5.74, 6) is 0. The molecule has 26 heavy (non-hydrogen) atoms. The Labute approximate surface area is 154 Å². The van der Waals surface area contributed by atoms with E-state index in [0.717, 1.165) is 36.0 Å². The summed E-state index contributed by atoms with van der Waals surface area (Å²) >= 11 is 0. The van der Waals surface area contributed by atoms with Crippen LogP contribution < -0.4 is 5.32 Å². The Kier molecular flexibility index (Phi) is 5.70. The third kappa shape index (κ3) is 4.73. The molecule has 0 saturated heterocycles. The van der Waals surface area contributed by atoms with Gasteiger partial charge in [-0.05, 0) is 36.0 Å². The lowest BCUT2D eigenvalue weighted by Crippen LogP contribution is -2.24. The van der Waals surface area contributed by atoms with Crippen molar-refractivity contribution < 1.29 is 9.53 Å². The quantitative estimate of drug-likeness (QED) is 0.747. The number of benzene rings is 2. The number of carbonyl (C=O) groups is 1. The van der Waals surface area contributed by atoms with Gasteiger partial charge in [0.15, 0.2) is 0 Å². The minimum atomic E-state index is -0.405. The van der Waals surface area contributed by atoms with Crippen molar-refractivity contribution in [3.63, 3.8) is 0 Å². The topological polar surface area (TPSA) is 62.1 Å². The smallest absolute Gasteiger partial charge is 0.407 e. The van der Waals surface area contributed by atoms with Gasteiger partial charge in [-0.1, -0.05) is 66.7 Å². The van der Waals surface area contributed by atoms with Gasteiger partial charge in [-0.2, -0.15) is 5.26 Å². The molecule has 2 aromatic carbocycles. The highest BCUT2D eigenvalue weighted by Gasteiger charge is 2.44. The number of carbonyl (C=O) groups excluding carboxylic acids is 1. The molecule has 132 valence electrons. The van der Waals surface area contributed by atoms with Crippen LogP contribution in [0.3, 0.4) is 0 Å². The highest BCUT2D eigenvalue weighted by Crippen LogP contribution is 2.47. The average molecular weight is 346 g/mol. The lowest BCUT2D eigenvalue weighted by atomic mass is 9.96. The van der Waals surface area contributed by atoms with Crippen LogP contribution in [0.15, 0.2) is 60.7 Å². The largest absolute Gasteiger partial charge is 0.445 e. The Morgan fingerprint density at radius 2 is 1.88 bits per heavy atom. The van der Waals surface area contributed by atoms with Crippen LogP contribution >= 0.6 is 0 Å². The zero-order chi connectivity index (χ0) is 18.2. The Morgan fingerprint density at radius 1 is 1.15 bits per heavy atom. The van der Waals surface area contributed by atoms with Crippen molar-refractivity contribution >= 4 is 12.2 Å². The van der Waals surface area contributed by atoms with Crippen LogP contribution in [0, 0.1) is 11.3 Å². The van der Waals surface area contributed by atoms with E-state index < -0.39 is 6.09 Å². The van der Waals surface area contributed by atoms with Gasteiger partial charge in [-0.25, -0.2) is 4.79 Å². The second kappa shape index (κ2) is 8.35. The van der Waals surface area contributed by atoms with Gasteiger partial charge in [0.05, 0.1) is 11.5 Å². The fourth-order valence-electron chi connectivity index (χ4n) is 2.75. The first-order chi connectivity index (χ1) is 12.7. The van der Waals surface area contributed by atoms with Crippen LogP contribution in [0.25, 0.3) is 6.08 Å². The van der Waals surface area contributed by atoms with E-state index in [0.29, 0.717) is 6.54 Å². The summed E-state index contributed by atoms with van der Waals surface area (Å²) < 4.78 is 5.15. The van der Waals surface area contributed by atoms with Gasteiger partial charge in [0.2, 0.25) is 0 Å². The molecule has 1 N–H and O–H groups in total. The molecule has 0 aromatic heterocycles. The van der Waals surface area contributed by atoms with E-state index in [-0.39, 0.29) is 12.0 Å². The molecule has 4 heteroatoms. The molecule has 1 amide bonds. The van der Waals surface area contributed by atoms with Gasteiger partial charge in [0.1, 0.15) is 6.61 Å². The SMILES string of the molecule is N#CC1(c2ccc(C=CCCNC(=O)OCc3ccccc3)cc2)CC1. The fourth-order valence-corrected chi connectivity index (χ4v) is 2.75. The van der Waals surface area contributed by atoms with Crippen LogP contribution in [-0.4, -0.2) is 12.6 Å². The second-order valence-electron chi connectivity index (χ2n) is 6.50. The third-order valence-electron chi connectivity index (χ3n) is 4.53. The molecule has 1 aliphatic carbocycles. The van der Waals surface area contributed by atoms with Crippen molar-refractivity contribution in [3.8, 4) is 6.07 Å². The number of alkyl carbamates (subject to hydrolysis) is 1. The molecule has 0 aliphatic heterocycles. The Hall–Kier alpha value is -3.06. The molecule has 3 rings (SSSR count). The molecule has 0 spiro atoms. The van der Waals surface area contributed by atoms with Crippen molar-refractivity contribution in [2.75, 3.05) is 6.54 Å². The number of ether oxygens (including phenoxy) is 1. The monoisotopic (exact) mass is 346 g/mol. The third-order valence-corrected chi connectivity index (χ3v) is 4.53. The summed E-state index contributed by atoms with van der Waals surface area (Å²) in [7, 11) is 0. The van der Waals surface area contributed by atoms with Crippen molar-refractivity contribution in [1.82, 2.24) is 5.32 Å². The zero-order valence-electron chi connectivity index (χ0n) is 14.7. The van der Waals surface area contributed by atoms with E-state index in [1.165, 1.54) is 0 Å². The molecule has 0 atom stereocenters. The molecule has 1 aliphatic rings. The maximum atomic E-state index is 11.6. The number of nitrogens with one attached hydrogen (secondary N) is 1. The summed E-state index contributed by atoms with van der Waals surface area (Å²) in [6, 6.07) is 20.1. The Balaban J connectivity index is 1.35. The molecule has 4 nitrogen and oxygen atoms in total. The van der Waals surface area contributed by atoms with E-state index in [1.807, 2.05) is 66.7 Å². The van der Waals surface area contributed by atoms with E-state index in [1.54, 1.807) is 0 Å². The van der Waals surface area contributed by atoms with E-state index >= 15 is 0 Å². The molecule has 1 saturated carbocycles. The predicted molar refractivity (Wildman–Crippen MR) is 101 cm³/mol. The molecule has 0 heterocycles. The maximum Gasteiger partial charge on any atom is 0.407 e. The Morgan fingerprint density at radius 3 is 2.54 bits per heavy atom. The lowest BCUT2D eigenvalue weighted by Gasteiger charge is -2.06. The molecular weight excluding hydrogens is 324 g/mol. The molecule has 2 aromatic rings. The van der Waals surface area contributed by atoms with Crippen LogP contribution in [0.4, 0.5) is 4.79 Å². The van der Waals surface area contributed by atoms with E-state index in [2.05, 4.69) is 11.4 Å². The molecule has 0 radical (unpaired) electrons. The van der Waals surface area contributed by atoms with Crippen molar-refractivity contribution in [2.45, 2.75) is 31.3 Å². The number of hydrogen-bond donors (Lipinski definition) is 1. The fraction of sp³-hybridized carbons (Fsp3) is 0.273. The summed E-state index contributed by atoms with van der Waals surface area (Å²) in [4.78, 5) is 11.6. The van der Waals surface area contributed by atoms with E-state index in [9.17, 15) is 10.1 Å². The minimum Gasteiger partial charge on any atom is -0.445 e. The maximum absolute atomic E-state index is 11.6. The van der Waals surface area contributed by atoms with Gasteiger partial charge in [0, 0.05) is 6.54 Å². The number of nitriles is 1. The summed E-state index contributed by atoms with van der Waals surface area (Å²) in [5.41, 5.74) is 2.94. The average Bonchev–Trinajstić information content (AvgIpc) is 3.49. The first-order valence-electron chi connectivity index (χ1n) is 8.85. The standard InChI is InChI=1S/C22H22N2O2/c23-17-22(13-14-22)20-11-9-18(10-12-20)6-4-5-15-24-21(25)26-16-19-7-2-1-3-8-19/h1-4,6-12H,5,13-16H2,(H,24,25). The normalized spacial score (nSPS) is 14.6. The van der Waals surface area contributed by atoms with Gasteiger partial charge in [-0.15, -0.1) is 0 Å². The summed E-state index contributed by atoms with van der Waals surface area (Å²) in [5, 5.41) is 12.0. The highest BCUT2D eigenvalue weighted by molar-refractivity contribution is 5.67. The number of nitrogens with zero attached hydrogens (tertiary/aromatic N) is 1. The van der Waals surface area contributed by atoms with Crippen molar-refractivity contribution in [1.29, 1.82) is 5.26 Å². The van der Waals surface area contributed by atoms with Gasteiger partial charge in [0.25, 0.3) is 0 Å². The van der Waals surface area contributed by atoms with Crippen LogP contribution in [0.2, 0.25) is 0 Å². The first kappa shape index (κ1) is 17.8. The lowest BCUT2D eigenvalue weighted by molar-refractivity contribution is 0.140. The van der Waals surface area contributed by atoms with Gasteiger partial charge < -0.3 is 10.1 Å². The van der Waals surface area contributed by atoms with E-state index in [4.69, 9.17) is 4.74 Å². The molecule has 0 bridgehead atoms. The predicted octanol–water partition coefficient (Wildman–Crippen LogP) is 4.57. The van der Waals surface area contributed by atoms with Crippen LogP contribution in [0.5, 0.6) is 0 Å². The van der Waals surface area contributed by atoms with Crippen LogP contribution in [0.1, 0.15) is 36.0 Å². The first-order valence-corrected chi connectivity index (χ1v) is 8.85. The van der Waals surface area contributed by atoms with Gasteiger partial charge >= 0.3 is 6.09 Å². The second-order valence-corrected chi connectivity index (χ2v) is 6.50. The van der Waals surface area contributed by atoms with Crippen LogP contribution in [-0.2, 0) is 16.8 Å². The molecular formula is C22H22N2O2. The Bertz CT molecular complexity index is 800. The van der Waals surface area contributed by atoms with Crippen molar-refractivity contribution in [3.05, 3.63) is 77.4 Å². The number of rotatable bonds is 7. The molecule has 1 fully saturated rings. The minimum absolute atomic E-state index is 0.230. The van der Waals surface area contributed by atoms with Crippen molar-refractivity contribution in [2.24, 2.45) is 0 Å².